The van der Waals surface area contributed by atoms with Gasteiger partial charge in [0, 0.05) is 5.69 Å². The van der Waals surface area contributed by atoms with Crippen LogP contribution in [0.4, 0.5) is 5.69 Å². The number of nitrogens with two attached hydrogens (primary N) is 1. The quantitative estimate of drug-likeness (QED) is 0.788. The maximum absolute atomic E-state index is 12.5. The number of nitrogen functional groups attached to an aromatic ring is 1. The Hall–Kier alpha value is -2.49. The molecule has 0 aromatic heterocycles. The molecule has 110 valence electrons. The maximum atomic E-state index is 12.5. The molecule has 4 nitrogen and oxygen atoms in total. The second kappa shape index (κ2) is 6.31. The van der Waals surface area contributed by atoms with Crippen molar-refractivity contribution in [3.05, 3.63) is 53.6 Å². The van der Waals surface area contributed by atoms with Gasteiger partial charge in [0.25, 0.3) is 0 Å². The van der Waals surface area contributed by atoms with E-state index >= 15 is 0 Å². The van der Waals surface area contributed by atoms with E-state index in [1.165, 1.54) is 0 Å². The van der Waals surface area contributed by atoms with Crippen LogP contribution in [0.5, 0.6) is 11.5 Å². The van der Waals surface area contributed by atoms with Crippen LogP contribution >= 0.6 is 0 Å². The molecule has 4 heteroatoms. The van der Waals surface area contributed by atoms with Crippen LogP contribution in [0.25, 0.3) is 0 Å². The third-order valence-electron chi connectivity index (χ3n) is 3.29. The number of phenolic OH excluding ortho intramolecular Hbond substituents is 1. The number of aromatic hydroxyl groups is 1. The van der Waals surface area contributed by atoms with Gasteiger partial charge in [0.15, 0.2) is 5.78 Å². The highest BCUT2D eigenvalue weighted by Gasteiger charge is 2.30. The fraction of sp³-hybridized carbons (Fsp3) is 0.235. The summed E-state index contributed by atoms with van der Waals surface area (Å²) in [5.74, 6) is 0.404. The van der Waals surface area contributed by atoms with Gasteiger partial charge in [-0.15, -0.1) is 0 Å². The molecular formula is C17H19NO3. The van der Waals surface area contributed by atoms with Gasteiger partial charge >= 0.3 is 0 Å². The van der Waals surface area contributed by atoms with Crippen molar-refractivity contribution < 1.29 is 14.6 Å². The van der Waals surface area contributed by atoms with Crippen LogP contribution in [0.1, 0.15) is 35.7 Å². The highest BCUT2D eigenvalue weighted by molar-refractivity contribution is 6.04. The van der Waals surface area contributed by atoms with Crippen LogP contribution in [0, 0.1) is 0 Å². The summed E-state index contributed by atoms with van der Waals surface area (Å²) in [5, 5.41) is 9.28. The predicted octanol–water partition coefficient (Wildman–Crippen LogP) is 3.36. The minimum Gasteiger partial charge on any atom is -0.508 e. The minimum absolute atomic E-state index is 0.000704. The van der Waals surface area contributed by atoms with Crippen LogP contribution in [-0.2, 0) is 0 Å². The number of carbonyl (C=O) groups excluding carboxylic acids is 1. The van der Waals surface area contributed by atoms with Crippen molar-refractivity contribution in [2.24, 2.45) is 0 Å². The molecule has 2 aromatic carbocycles. The van der Waals surface area contributed by atoms with Crippen LogP contribution in [0.2, 0.25) is 0 Å². The van der Waals surface area contributed by atoms with Gasteiger partial charge in [0.2, 0.25) is 0 Å². The predicted molar refractivity (Wildman–Crippen MR) is 82.9 cm³/mol. The van der Waals surface area contributed by atoms with E-state index in [4.69, 9.17) is 10.5 Å². The van der Waals surface area contributed by atoms with E-state index in [1.807, 2.05) is 13.8 Å². The smallest absolute Gasteiger partial charge is 0.177 e. The molecule has 1 unspecified atom stereocenters. The van der Waals surface area contributed by atoms with Gasteiger partial charge in [-0.1, -0.05) is 26.0 Å². The third kappa shape index (κ3) is 2.99. The number of benzene rings is 2. The van der Waals surface area contributed by atoms with E-state index in [2.05, 4.69) is 0 Å². The Labute approximate surface area is 124 Å². The molecule has 21 heavy (non-hydrogen) atoms. The topological polar surface area (TPSA) is 72.6 Å². The van der Waals surface area contributed by atoms with E-state index in [0.717, 1.165) is 5.56 Å². The van der Waals surface area contributed by atoms with E-state index < -0.39 is 0 Å². The number of ether oxygens (including phenoxy) is 1. The number of ketones is 1. The summed E-state index contributed by atoms with van der Waals surface area (Å²) in [6.45, 7) is 4.31. The van der Waals surface area contributed by atoms with E-state index in [0.29, 0.717) is 23.6 Å². The Balaban J connectivity index is 0.000000774. The molecule has 1 aliphatic heterocycles. The molecule has 0 saturated carbocycles. The highest BCUT2D eigenvalue weighted by atomic mass is 16.5. The Bertz CT molecular complexity index is 635. The van der Waals surface area contributed by atoms with Gasteiger partial charge in [-0.25, -0.2) is 0 Å². The first-order valence-electron chi connectivity index (χ1n) is 7.00. The van der Waals surface area contributed by atoms with Crippen molar-refractivity contribution in [3.63, 3.8) is 0 Å². The van der Waals surface area contributed by atoms with Crippen LogP contribution in [0.15, 0.2) is 42.5 Å². The molecule has 2 aromatic rings. The van der Waals surface area contributed by atoms with Gasteiger partial charge in [-0.2, -0.15) is 0 Å². The maximum Gasteiger partial charge on any atom is 0.177 e. The summed E-state index contributed by atoms with van der Waals surface area (Å²) < 4.78 is 5.61. The van der Waals surface area contributed by atoms with Gasteiger partial charge in [-0.05, 0) is 35.9 Å². The molecule has 0 aliphatic carbocycles. The van der Waals surface area contributed by atoms with Crippen LogP contribution in [0.3, 0.4) is 0 Å². The molecule has 3 N–H and O–H groups in total. The average molecular weight is 285 g/mol. The standard InChI is InChI=1S/C15H13NO3.C2H6/c16-10-3-6-14-12(7-10)15(18)13(8-19-14)9-1-4-11(17)5-2-9;1-2/h1-7,13,17H,8,16H2;1-2H3. The molecule has 0 radical (unpaired) electrons. The number of Topliss-reactive ketones (excluding diaryl/α,β-unsaturated/α-hetero) is 1. The third-order valence-corrected chi connectivity index (χ3v) is 3.29. The van der Waals surface area contributed by atoms with Crippen LogP contribution < -0.4 is 10.5 Å². The average Bonchev–Trinajstić information content (AvgIpc) is 2.51. The molecule has 0 amide bonds. The lowest BCUT2D eigenvalue weighted by Crippen LogP contribution is -2.26. The molecule has 1 atom stereocenters. The van der Waals surface area contributed by atoms with Gasteiger partial charge in [0.1, 0.15) is 18.1 Å². The molecule has 1 heterocycles. The summed E-state index contributed by atoms with van der Waals surface area (Å²) in [4.78, 5) is 12.5. The number of anilines is 1. The zero-order valence-corrected chi connectivity index (χ0v) is 12.2. The van der Waals surface area contributed by atoms with E-state index in [1.54, 1.807) is 42.5 Å². The first-order chi connectivity index (χ1) is 10.1. The van der Waals surface area contributed by atoms with E-state index in [9.17, 15) is 9.90 Å². The second-order valence-corrected chi connectivity index (χ2v) is 4.57. The largest absolute Gasteiger partial charge is 0.508 e. The Morgan fingerprint density at radius 2 is 1.81 bits per heavy atom. The first kappa shape index (κ1) is 14.9. The number of carbonyl (C=O) groups is 1. The second-order valence-electron chi connectivity index (χ2n) is 4.57. The first-order valence-corrected chi connectivity index (χ1v) is 7.00. The molecule has 3 rings (SSSR count). The van der Waals surface area contributed by atoms with Gasteiger partial charge in [0.05, 0.1) is 11.5 Å². The lowest BCUT2D eigenvalue weighted by atomic mass is 9.89. The zero-order chi connectivity index (χ0) is 15.4. The molecular weight excluding hydrogens is 266 g/mol. The fourth-order valence-corrected chi connectivity index (χ4v) is 2.26. The summed E-state index contributed by atoms with van der Waals surface area (Å²) in [6, 6.07) is 11.7. The van der Waals surface area contributed by atoms with Gasteiger partial charge < -0.3 is 15.6 Å². The van der Waals surface area contributed by atoms with Crippen molar-refractivity contribution in [3.8, 4) is 11.5 Å². The summed E-state index contributed by atoms with van der Waals surface area (Å²) in [7, 11) is 0. The molecule has 0 bridgehead atoms. The summed E-state index contributed by atoms with van der Waals surface area (Å²) in [6.07, 6.45) is 0. The minimum atomic E-state index is -0.352. The summed E-state index contributed by atoms with van der Waals surface area (Å²) >= 11 is 0. The number of hydrogen-bond donors (Lipinski definition) is 2. The van der Waals surface area contributed by atoms with Crippen molar-refractivity contribution in [2.45, 2.75) is 19.8 Å². The number of hydrogen-bond acceptors (Lipinski definition) is 4. The monoisotopic (exact) mass is 285 g/mol. The normalized spacial score (nSPS) is 16.3. The molecule has 1 aliphatic rings. The summed E-state index contributed by atoms with van der Waals surface area (Å²) in [5.41, 5.74) is 7.60. The molecule has 0 fully saturated rings. The lowest BCUT2D eigenvalue weighted by molar-refractivity contribution is 0.0896. The van der Waals surface area contributed by atoms with Crippen molar-refractivity contribution in [1.82, 2.24) is 0 Å². The van der Waals surface area contributed by atoms with Crippen LogP contribution in [-0.4, -0.2) is 17.5 Å². The Kier molecular flexibility index (Phi) is 4.48. The van der Waals surface area contributed by atoms with Crippen molar-refractivity contribution >= 4 is 11.5 Å². The van der Waals surface area contributed by atoms with Crippen molar-refractivity contribution in [1.29, 1.82) is 0 Å². The molecule has 0 spiro atoms. The Morgan fingerprint density at radius 1 is 1.14 bits per heavy atom. The van der Waals surface area contributed by atoms with Gasteiger partial charge in [-0.3, -0.25) is 4.79 Å². The number of phenols is 1. The lowest BCUT2D eigenvalue weighted by Gasteiger charge is -2.24. The zero-order valence-electron chi connectivity index (χ0n) is 12.2. The SMILES string of the molecule is CC.Nc1ccc2c(c1)C(=O)C(c1ccc(O)cc1)CO2. The number of fused-ring (bicyclic) bond motifs is 1. The van der Waals surface area contributed by atoms with E-state index in [-0.39, 0.29) is 17.5 Å². The van der Waals surface area contributed by atoms with Crippen molar-refractivity contribution in [2.75, 3.05) is 12.3 Å². The number of rotatable bonds is 1. The Morgan fingerprint density at radius 3 is 2.48 bits per heavy atom. The fourth-order valence-electron chi connectivity index (χ4n) is 2.26. The molecule has 0 saturated heterocycles. The highest BCUT2D eigenvalue weighted by Crippen LogP contribution is 2.33.